The van der Waals surface area contributed by atoms with Gasteiger partial charge < -0.3 is 16.5 Å². The number of aromatic amines is 1. The molecule has 1 heterocycles. The first-order valence-electron chi connectivity index (χ1n) is 4.77. The Labute approximate surface area is 87.3 Å². The number of H-pyrrole nitrogens is 1. The molecule has 0 fully saturated rings. The van der Waals surface area contributed by atoms with Gasteiger partial charge >= 0.3 is 0 Å². The molecule has 2 rings (SSSR count). The van der Waals surface area contributed by atoms with Gasteiger partial charge in [-0.15, -0.1) is 0 Å². The minimum absolute atomic E-state index is 0.219. The lowest BCUT2D eigenvalue weighted by Crippen LogP contribution is -2.17. The number of hydrogen-bond donors (Lipinski definition) is 3. The van der Waals surface area contributed by atoms with Gasteiger partial charge in [0.05, 0.1) is 0 Å². The van der Waals surface area contributed by atoms with E-state index in [0.29, 0.717) is 5.69 Å². The normalized spacial score (nSPS) is 12.9. The van der Waals surface area contributed by atoms with E-state index >= 15 is 0 Å². The summed E-state index contributed by atoms with van der Waals surface area (Å²) in [6, 6.07) is 7.41. The molecule has 78 valence electrons. The molecule has 0 spiro atoms. The van der Waals surface area contributed by atoms with Crippen molar-refractivity contribution < 1.29 is 4.79 Å². The molecule has 15 heavy (non-hydrogen) atoms. The fourth-order valence-electron chi connectivity index (χ4n) is 1.83. The van der Waals surface area contributed by atoms with E-state index in [2.05, 4.69) is 4.98 Å². The Hall–Kier alpha value is -1.81. The third-order valence-corrected chi connectivity index (χ3v) is 2.45. The molecule has 5 N–H and O–H groups in total. The summed E-state index contributed by atoms with van der Waals surface area (Å²) < 4.78 is 0. The molecule has 1 unspecified atom stereocenters. The minimum Gasteiger partial charge on any atom is -0.364 e. The second-order valence-electron chi connectivity index (χ2n) is 3.61. The van der Waals surface area contributed by atoms with Crippen LogP contribution in [-0.4, -0.2) is 10.9 Å². The Morgan fingerprint density at radius 3 is 2.67 bits per heavy atom. The van der Waals surface area contributed by atoms with Gasteiger partial charge in [-0.1, -0.05) is 18.2 Å². The van der Waals surface area contributed by atoms with E-state index in [9.17, 15) is 4.79 Å². The highest BCUT2D eigenvalue weighted by Crippen LogP contribution is 2.26. The molecular weight excluding hydrogens is 190 g/mol. The quantitative estimate of drug-likeness (QED) is 0.687. The van der Waals surface area contributed by atoms with Crippen molar-refractivity contribution in [2.45, 2.75) is 13.0 Å². The smallest absolute Gasteiger partial charge is 0.265 e. The maximum absolute atomic E-state index is 11.2. The number of rotatable bonds is 2. The molecule has 0 saturated heterocycles. The fraction of sp³-hybridized carbons (Fsp3) is 0.182. The van der Waals surface area contributed by atoms with E-state index < -0.39 is 5.91 Å². The van der Waals surface area contributed by atoms with Crippen LogP contribution in [0.15, 0.2) is 24.3 Å². The Balaban J connectivity index is 2.80. The maximum atomic E-state index is 11.2. The molecule has 1 amide bonds. The predicted octanol–water partition coefficient (Wildman–Crippen LogP) is 1.29. The largest absolute Gasteiger partial charge is 0.364 e. The number of aromatic nitrogens is 1. The Morgan fingerprint density at radius 1 is 1.40 bits per heavy atom. The lowest BCUT2D eigenvalue weighted by molar-refractivity contribution is 0.0995. The second kappa shape index (κ2) is 3.40. The zero-order valence-electron chi connectivity index (χ0n) is 8.45. The molecule has 1 aromatic heterocycles. The number of para-hydroxylation sites is 1. The average Bonchev–Trinajstić information content (AvgIpc) is 2.56. The van der Waals surface area contributed by atoms with Gasteiger partial charge in [-0.3, -0.25) is 4.79 Å². The van der Waals surface area contributed by atoms with Gasteiger partial charge in [0.25, 0.3) is 5.91 Å². The van der Waals surface area contributed by atoms with Crippen molar-refractivity contribution in [2.75, 3.05) is 0 Å². The van der Waals surface area contributed by atoms with Gasteiger partial charge in [0.1, 0.15) is 5.69 Å². The zero-order valence-corrected chi connectivity index (χ0v) is 8.45. The topological polar surface area (TPSA) is 84.9 Å². The van der Waals surface area contributed by atoms with Gasteiger partial charge in [-0.25, -0.2) is 0 Å². The summed E-state index contributed by atoms with van der Waals surface area (Å²) >= 11 is 0. The monoisotopic (exact) mass is 203 g/mol. The molecule has 0 bridgehead atoms. The van der Waals surface area contributed by atoms with Gasteiger partial charge in [0.15, 0.2) is 0 Å². The SMILES string of the molecule is CC(N)c1c(C(N)=O)[nH]c2ccccc12. The number of nitrogens with one attached hydrogen (secondary N) is 1. The maximum Gasteiger partial charge on any atom is 0.265 e. The molecule has 2 aromatic rings. The van der Waals surface area contributed by atoms with Crippen molar-refractivity contribution in [3.8, 4) is 0 Å². The number of primary amides is 1. The van der Waals surface area contributed by atoms with Crippen molar-refractivity contribution in [3.05, 3.63) is 35.5 Å². The lowest BCUT2D eigenvalue weighted by Gasteiger charge is -2.05. The molecule has 0 aliphatic rings. The number of amides is 1. The van der Waals surface area contributed by atoms with Crippen LogP contribution in [0.2, 0.25) is 0 Å². The van der Waals surface area contributed by atoms with Crippen LogP contribution in [0.3, 0.4) is 0 Å². The molecule has 0 aliphatic heterocycles. The number of hydrogen-bond acceptors (Lipinski definition) is 2. The van der Waals surface area contributed by atoms with E-state index in [0.717, 1.165) is 16.5 Å². The third-order valence-electron chi connectivity index (χ3n) is 2.45. The minimum atomic E-state index is -0.474. The molecule has 0 aliphatic carbocycles. The van der Waals surface area contributed by atoms with Crippen LogP contribution in [0, 0.1) is 0 Å². The first kappa shape index (κ1) is 9.73. The van der Waals surface area contributed by atoms with E-state index in [1.807, 2.05) is 31.2 Å². The number of fused-ring (bicyclic) bond motifs is 1. The van der Waals surface area contributed by atoms with E-state index in [-0.39, 0.29) is 6.04 Å². The van der Waals surface area contributed by atoms with Crippen molar-refractivity contribution in [1.82, 2.24) is 4.98 Å². The number of carbonyl (C=O) groups excluding carboxylic acids is 1. The van der Waals surface area contributed by atoms with Gasteiger partial charge in [-0.05, 0) is 13.0 Å². The number of carbonyl (C=O) groups is 1. The highest BCUT2D eigenvalue weighted by molar-refractivity contribution is 6.00. The molecule has 4 heteroatoms. The summed E-state index contributed by atoms with van der Waals surface area (Å²) in [6.07, 6.45) is 0. The Kier molecular flexibility index (Phi) is 2.21. The van der Waals surface area contributed by atoms with Crippen LogP contribution in [-0.2, 0) is 0 Å². The summed E-state index contributed by atoms with van der Waals surface area (Å²) in [7, 11) is 0. The highest BCUT2D eigenvalue weighted by atomic mass is 16.1. The Morgan fingerprint density at radius 2 is 2.07 bits per heavy atom. The molecule has 4 nitrogen and oxygen atoms in total. The zero-order chi connectivity index (χ0) is 11.0. The third kappa shape index (κ3) is 1.49. The fourth-order valence-corrected chi connectivity index (χ4v) is 1.83. The lowest BCUT2D eigenvalue weighted by atomic mass is 10.0. The van der Waals surface area contributed by atoms with Gasteiger partial charge in [0, 0.05) is 22.5 Å². The summed E-state index contributed by atoms with van der Waals surface area (Å²) in [5.74, 6) is -0.474. The van der Waals surface area contributed by atoms with E-state index in [1.165, 1.54) is 0 Å². The summed E-state index contributed by atoms with van der Waals surface area (Å²) in [4.78, 5) is 14.2. The van der Waals surface area contributed by atoms with Crippen LogP contribution in [0.25, 0.3) is 10.9 Å². The average molecular weight is 203 g/mol. The summed E-state index contributed by atoms with van der Waals surface area (Å²) in [5.41, 5.74) is 13.2. The van der Waals surface area contributed by atoms with Gasteiger partial charge in [-0.2, -0.15) is 0 Å². The summed E-state index contributed by atoms with van der Waals surface area (Å²) in [5, 5.41) is 0.960. The van der Waals surface area contributed by atoms with Crippen molar-refractivity contribution >= 4 is 16.8 Å². The van der Waals surface area contributed by atoms with Crippen LogP contribution in [0.4, 0.5) is 0 Å². The number of nitrogens with two attached hydrogens (primary N) is 2. The predicted molar refractivity (Wildman–Crippen MR) is 59.4 cm³/mol. The summed E-state index contributed by atoms with van der Waals surface area (Å²) in [6.45, 7) is 1.84. The van der Waals surface area contributed by atoms with Crippen LogP contribution in [0.1, 0.15) is 29.0 Å². The van der Waals surface area contributed by atoms with Crippen molar-refractivity contribution in [3.63, 3.8) is 0 Å². The number of benzene rings is 1. The molecule has 1 atom stereocenters. The van der Waals surface area contributed by atoms with Crippen LogP contribution < -0.4 is 11.5 Å². The first-order valence-corrected chi connectivity index (χ1v) is 4.77. The van der Waals surface area contributed by atoms with Crippen molar-refractivity contribution in [2.24, 2.45) is 11.5 Å². The van der Waals surface area contributed by atoms with E-state index in [1.54, 1.807) is 0 Å². The standard InChI is InChI=1S/C11H13N3O/c1-6(12)9-7-4-2-3-5-8(7)14-10(9)11(13)15/h2-6,14H,12H2,1H3,(H2,13,15). The molecule has 0 saturated carbocycles. The van der Waals surface area contributed by atoms with Gasteiger partial charge in [0.2, 0.25) is 0 Å². The van der Waals surface area contributed by atoms with E-state index in [4.69, 9.17) is 11.5 Å². The molecule has 0 radical (unpaired) electrons. The highest BCUT2D eigenvalue weighted by Gasteiger charge is 2.17. The Bertz CT molecular complexity index is 514. The molecule has 1 aromatic carbocycles. The molecular formula is C11H13N3O. The van der Waals surface area contributed by atoms with Crippen LogP contribution in [0.5, 0.6) is 0 Å². The van der Waals surface area contributed by atoms with Crippen molar-refractivity contribution in [1.29, 1.82) is 0 Å². The first-order chi connectivity index (χ1) is 7.11. The second-order valence-corrected chi connectivity index (χ2v) is 3.61. The van der Waals surface area contributed by atoms with Crippen LogP contribution >= 0.6 is 0 Å².